The molecule has 1 aliphatic rings. The fourth-order valence-electron chi connectivity index (χ4n) is 1.64. The topological polar surface area (TPSA) is 49.8 Å². The van der Waals surface area contributed by atoms with E-state index < -0.39 is 5.97 Å². The molecule has 0 amide bonds. The Labute approximate surface area is 90.5 Å². The van der Waals surface area contributed by atoms with Crippen LogP contribution in [0.5, 0.6) is 0 Å². The van der Waals surface area contributed by atoms with Crippen LogP contribution in [0.15, 0.2) is 11.6 Å². The van der Waals surface area contributed by atoms with Crippen molar-refractivity contribution in [1.82, 2.24) is 4.90 Å². The summed E-state index contributed by atoms with van der Waals surface area (Å²) < 4.78 is 5.28. The van der Waals surface area contributed by atoms with Gasteiger partial charge < -0.3 is 9.84 Å². The van der Waals surface area contributed by atoms with E-state index in [1.165, 1.54) is 0 Å². The van der Waals surface area contributed by atoms with Crippen molar-refractivity contribution in [2.45, 2.75) is 25.8 Å². The summed E-state index contributed by atoms with van der Waals surface area (Å²) in [5.74, 6) is -0.838. The summed E-state index contributed by atoms with van der Waals surface area (Å²) in [6.07, 6.45) is 3.84. The molecule has 4 nitrogen and oxygen atoms in total. The van der Waals surface area contributed by atoms with Crippen molar-refractivity contribution >= 4 is 5.97 Å². The first-order valence-electron chi connectivity index (χ1n) is 5.29. The summed E-state index contributed by atoms with van der Waals surface area (Å²) in [7, 11) is 2.03. The lowest BCUT2D eigenvalue weighted by Crippen LogP contribution is -2.36. The Balaban J connectivity index is 2.37. The van der Waals surface area contributed by atoms with Gasteiger partial charge in [0.25, 0.3) is 0 Å². The van der Waals surface area contributed by atoms with Gasteiger partial charge in [0.1, 0.15) is 0 Å². The number of hydrogen-bond acceptors (Lipinski definition) is 3. The molecule has 15 heavy (non-hydrogen) atoms. The molecule has 0 spiro atoms. The van der Waals surface area contributed by atoms with Crippen molar-refractivity contribution in [3.05, 3.63) is 11.6 Å². The van der Waals surface area contributed by atoms with Gasteiger partial charge in [0, 0.05) is 31.4 Å². The number of aliphatic carboxylic acids is 1. The van der Waals surface area contributed by atoms with Gasteiger partial charge in [0.05, 0.1) is 0 Å². The van der Waals surface area contributed by atoms with Crippen molar-refractivity contribution in [2.75, 3.05) is 26.8 Å². The third-order valence-electron chi connectivity index (χ3n) is 2.84. The summed E-state index contributed by atoms with van der Waals surface area (Å²) in [4.78, 5) is 12.8. The molecule has 1 rings (SSSR count). The van der Waals surface area contributed by atoms with Crippen LogP contribution in [0.4, 0.5) is 0 Å². The van der Waals surface area contributed by atoms with Crippen LogP contribution in [0.2, 0.25) is 0 Å². The van der Waals surface area contributed by atoms with Crippen molar-refractivity contribution in [2.24, 2.45) is 0 Å². The van der Waals surface area contributed by atoms with E-state index in [0.717, 1.165) is 26.1 Å². The highest BCUT2D eigenvalue weighted by molar-refractivity contribution is 5.85. The molecule has 0 aliphatic carbocycles. The number of hydrogen-bond donors (Lipinski definition) is 1. The predicted octanol–water partition coefficient (Wildman–Crippen LogP) is 1.13. The number of nitrogens with zero attached hydrogens (tertiary/aromatic N) is 1. The number of carbonyl (C=O) groups is 1. The average Bonchev–Trinajstić information content (AvgIpc) is 2.26. The maximum absolute atomic E-state index is 10.6. The van der Waals surface area contributed by atoms with Crippen LogP contribution in [0.1, 0.15) is 19.8 Å². The molecule has 1 saturated heterocycles. The molecule has 0 aromatic carbocycles. The van der Waals surface area contributed by atoms with E-state index in [1.54, 1.807) is 13.0 Å². The van der Waals surface area contributed by atoms with Gasteiger partial charge in [-0.15, -0.1) is 0 Å². The van der Waals surface area contributed by atoms with Crippen LogP contribution in [0.25, 0.3) is 0 Å². The van der Waals surface area contributed by atoms with Gasteiger partial charge in [0.2, 0.25) is 0 Å². The van der Waals surface area contributed by atoms with Crippen LogP contribution in [-0.2, 0) is 9.53 Å². The number of carboxylic acids is 1. The number of ether oxygens (including phenoxy) is 1. The van der Waals surface area contributed by atoms with Crippen molar-refractivity contribution in [3.8, 4) is 0 Å². The van der Waals surface area contributed by atoms with E-state index in [1.807, 2.05) is 7.05 Å². The van der Waals surface area contributed by atoms with Crippen LogP contribution in [0, 0.1) is 0 Å². The molecule has 0 saturated carbocycles. The predicted molar refractivity (Wildman–Crippen MR) is 57.9 cm³/mol. The highest BCUT2D eigenvalue weighted by atomic mass is 16.5. The molecule has 1 aliphatic heterocycles. The smallest absolute Gasteiger partial charge is 0.330 e. The Morgan fingerprint density at radius 2 is 2.13 bits per heavy atom. The minimum absolute atomic E-state index is 0.411. The zero-order valence-corrected chi connectivity index (χ0v) is 9.40. The highest BCUT2D eigenvalue weighted by Gasteiger charge is 2.17. The molecule has 4 heteroatoms. The Hall–Kier alpha value is -0.870. The zero-order chi connectivity index (χ0) is 11.3. The average molecular weight is 213 g/mol. The Bertz CT molecular complexity index is 244. The fraction of sp³-hybridized carbons (Fsp3) is 0.727. The lowest BCUT2D eigenvalue weighted by atomic mass is 10.1. The number of rotatable bonds is 4. The van der Waals surface area contributed by atoms with Gasteiger partial charge in [-0.25, -0.2) is 4.79 Å². The zero-order valence-electron chi connectivity index (χ0n) is 9.40. The van der Waals surface area contributed by atoms with E-state index >= 15 is 0 Å². The minimum Gasteiger partial charge on any atom is -0.478 e. The monoisotopic (exact) mass is 213 g/mol. The molecule has 0 aromatic heterocycles. The van der Waals surface area contributed by atoms with Crippen LogP contribution in [-0.4, -0.2) is 48.8 Å². The molecule has 0 unspecified atom stereocenters. The maximum Gasteiger partial charge on any atom is 0.330 e. The molecule has 0 aromatic rings. The maximum atomic E-state index is 10.6. The molecule has 0 radical (unpaired) electrons. The van der Waals surface area contributed by atoms with Gasteiger partial charge in [-0.3, -0.25) is 4.90 Å². The van der Waals surface area contributed by atoms with E-state index in [9.17, 15) is 4.79 Å². The second-order valence-corrected chi connectivity index (χ2v) is 3.98. The second kappa shape index (κ2) is 5.88. The Morgan fingerprint density at radius 3 is 2.67 bits per heavy atom. The van der Waals surface area contributed by atoms with Crippen molar-refractivity contribution < 1.29 is 14.6 Å². The number of likely N-dealkylation sites (N-methyl/N-ethyl adjacent to an activating group) is 1. The second-order valence-electron chi connectivity index (χ2n) is 3.98. The SMILES string of the molecule is CC(=CCN(C)C1CCOCC1)C(=O)O. The lowest BCUT2D eigenvalue weighted by Gasteiger charge is -2.30. The van der Waals surface area contributed by atoms with E-state index in [2.05, 4.69) is 4.90 Å². The number of carboxylic acid groups (broad SMARTS) is 1. The highest BCUT2D eigenvalue weighted by Crippen LogP contribution is 2.12. The lowest BCUT2D eigenvalue weighted by molar-refractivity contribution is -0.132. The van der Waals surface area contributed by atoms with Gasteiger partial charge in [0.15, 0.2) is 0 Å². The van der Waals surface area contributed by atoms with Crippen LogP contribution < -0.4 is 0 Å². The summed E-state index contributed by atoms with van der Waals surface area (Å²) >= 11 is 0. The van der Waals surface area contributed by atoms with Gasteiger partial charge >= 0.3 is 5.97 Å². The van der Waals surface area contributed by atoms with Gasteiger partial charge in [-0.1, -0.05) is 6.08 Å². The van der Waals surface area contributed by atoms with Gasteiger partial charge in [-0.2, -0.15) is 0 Å². The first kappa shape index (κ1) is 12.2. The van der Waals surface area contributed by atoms with Crippen molar-refractivity contribution in [1.29, 1.82) is 0 Å². The summed E-state index contributed by atoms with van der Waals surface area (Å²) in [6.45, 7) is 3.95. The summed E-state index contributed by atoms with van der Waals surface area (Å²) in [6, 6.07) is 0.525. The Kier molecular flexibility index (Phi) is 4.78. The van der Waals surface area contributed by atoms with E-state index in [0.29, 0.717) is 18.2 Å². The molecule has 1 heterocycles. The molecule has 86 valence electrons. The molecular formula is C11H19NO3. The third kappa shape index (κ3) is 4.01. The fourth-order valence-corrected chi connectivity index (χ4v) is 1.64. The molecule has 1 fully saturated rings. The largest absolute Gasteiger partial charge is 0.478 e. The third-order valence-corrected chi connectivity index (χ3v) is 2.84. The van der Waals surface area contributed by atoms with E-state index in [-0.39, 0.29) is 0 Å². The van der Waals surface area contributed by atoms with Gasteiger partial charge in [-0.05, 0) is 26.8 Å². The van der Waals surface area contributed by atoms with Crippen LogP contribution in [0.3, 0.4) is 0 Å². The van der Waals surface area contributed by atoms with Crippen molar-refractivity contribution in [3.63, 3.8) is 0 Å². The molecule has 0 atom stereocenters. The first-order valence-corrected chi connectivity index (χ1v) is 5.29. The molecule has 0 bridgehead atoms. The Morgan fingerprint density at radius 1 is 1.53 bits per heavy atom. The summed E-state index contributed by atoms with van der Waals surface area (Å²) in [5.41, 5.74) is 0.411. The molecule has 1 N–H and O–H groups in total. The van der Waals surface area contributed by atoms with Crippen LogP contribution >= 0.6 is 0 Å². The normalized spacial score (nSPS) is 19.5. The van der Waals surface area contributed by atoms with E-state index in [4.69, 9.17) is 9.84 Å². The summed E-state index contributed by atoms with van der Waals surface area (Å²) in [5, 5.41) is 8.70. The quantitative estimate of drug-likeness (QED) is 0.711. The minimum atomic E-state index is -0.838. The standard InChI is InChI=1S/C11H19NO3/c1-9(11(13)14)3-6-12(2)10-4-7-15-8-5-10/h3,10H,4-8H2,1-2H3,(H,13,14). The molecular weight excluding hydrogens is 194 g/mol. The first-order chi connectivity index (χ1) is 7.11.